The van der Waals surface area contributed by atoms with E-state index < -0.39 is 0 Å². The fourth-order valence-corrected chi connectivity index (χ4v) is 1.89. The monoisotopic (exact) mass is 218 g/mol. The van der Waals surface area contributed by atoms with E-state index in [1.165, 1.54) is 12.0 Å². The van der Waals surface area contributed by atoms with Gasteiger partial charge in [0.1, 0.15) is 0 Å². The van der Waals surface area contributed by atoms with Crippen LogP contribution in [-0.4, -0.2) is 6.54 Å². The van der Waals surface area contributed by atoms with Gasteiger partial charge in [0.25, 0.3) is 0 Å². The highest BCUT2D eigenvalue weighted by atomic mass is 14.9. The Morgan fingerprint density at radius 3 is 2.44 bits per heavy atom. The molecule has 1 heteroatoms. The highest BCUT2D eigenvalue weighted by molar-refractivity contribution is 5.14. The molecule has 0 saturated carbocycles. The van der Waals surface area contributed by atoms with Crippen molar-refractivity contribution >= 4 is 0 Å². The molecule has 1 aromatic rings. The third kappa shape index (κ3) is 4.80. The van der Waals surface area contributed by atoms with Crippen molar-refractivity contribution in [2.75, 3.05) is 6.54 Å². The third-order valence-electron chi connectivity index (χ3n) is 3.06. The van der Waals surface area contributed by atoms with E-state index >= 15 is 0 Å². The van der Waals surface area contributed by atoms with Crippen molar-refractivity contribution in [1.29, 1.82) is 0 Å². The minimum Gasteiger partial charge on any atom is -0.312 e. The lowest BCUT2D eigenvalue weighted by Crippen LogP contribution is -2.25. The second-order valence-electron chi connectivity index (χ2n) is 4.76. The molecule has 1 nitrogen and oxygen atoms in total. The van der Waals surface area contributed by atoms with E-state index in [0.29, 0.717) is 0 Å². The molecule has 0 heterocycles. The summed E-state index contributed by atoms with van der Waals surface area (Å²) in [5, 5.41) is 3.55. The summed E-state index contributed by atoms with van der Waals surface area (Å²) in [5.74, 6) is 1.51. The Hall–Kier alpha value is -0.820. The van der Waals surface area contributed by atoms with Gasteiger partial charge in [0.15, 0.2) is 0 Å². The molecule has 1 atom stereocenters. The lowest BCUT2D eigenvalue weighted by atomic mass is 9.91. The van der Waals surface area contributed by atoms with E-state index in [4.69, 9.17) is 0 Å². The summed E-state index contributed by atoms with van der Waals surface area (Å²) in [7, 11) is 0. The minimum absolute atomic E-state index is 0.750. The van der Waals surface area contributed by atoms with E-state index in [-0.39, 0.29) is 0 Å². The molecule has 16 heavy (non-hydrogen) atoms. The van der Waals surface area contributed by atoms with Crippen LogP contribution in [0, 0.1) is 18.3 Å². The molecule has 1 N–H and O–H groups in total. The molecular weight excluding hydrogens is 194 g/mol. The van der Waals surface area contributed by atoms with Gasteiger partial charge < -0.3 is 5.32 Å². The Kier molecular flexibility index (Phi) is 6.17. The quantitative estimate of drug-likeness (QED) is 0.736. The zero-order chi connectivity index (χ0) is 11.8. The highest BCUT2D eigenvalue weighted by Gasteiger charge is 2.11. The molecule has 89 valence electrons. The van der Waals surface area contributed by atoms with E-state index in [9.17, 15) is 0 Å². The second kappa shape index (κ2) is 7.45. The van der Waals surface area contributed by atoms with Crippen LogP contribution in [0.25, 0.3) is 0 Å². The van der Waals surface area contributed by atoms with Crippen molar-refractivity contribution < 1.29 is 0 Å². The van der Waals surface area contributed by atoms with Crippen LogP contribution in [-0.2, 0) is 6.54 Å². The predicted molar refractivity (Wildman–Crippen MR) is 71.1 cm³/mol. The lowest BCUT2D eigenvalue weighted by Gasteiger charge is -2.20. The summed E-state index contributed by atoms with van der Waals surface area (Å²) in [6.07, 6.45) is 3.48. The van der Waals surface area contributed by atoms with Gasteiger partial charge in [-0.2, -0.15) is 0 Å². The zero-order valence-electron chi connectivity index (χ0n) is 10.7. The van der Waals surface area contributed by atoms with Gasteiger partial charge in [-0.15, -0.1) is 0 Å². The maximum absolute atomic E-state index is 3.55. The van der Waals surface area contributed by atoms with Gasteiger partial charge in [0.05, 0.1) is 0 Å². The fourth-order valence-electron chi connectivity index (χ4n) is 1.89. The van der Waals surface area contributed by atoms with Crippen LogP contribution in [0.2, 0.25) is 0 Å². The van der Waals surface area contributed by atoms with Gasteiger partial charge in [0.2, 0.25) is 0 Å². The van der Waals surface area contributed by atoms with E-state index in [1.54, 1.807) is 0 Å². The predicted octanol–water partition coefficient (Wildman–Crippen LogP) is 3.66. The molecule has 0 amide bonds. The minimum atomic E-state index is 0.750. The van der Waals surface area contributed by atoms with Gasteiger partial charge in [-0.25, -0.2) is 0 Å². The summed E-state index contributed by atoms with van der Waals surface area (Å²) in [4.78, 5) is 0. The van der Waals surface area contributed by atoms with E-state index in [1.807, 2.05) is 0 Å². The average molecular weight is 218 g/mol. The molecule has 1 aromatic carbocycles. The first-order chi connectivity index (χ1) is 7.74. The first kappa shape index (κ1) is 13.2. The van der Waals surface area contributed by atoms with Gasteiger partial charge in [0, 0.05) is 6.54 Å². The van der Waals surface area contributed by atoms with E-state index in [0.717, 1.165) is 24.9 Å². The number of hydrogen-bond acceptors (Lipinski definition) is 1. The molecule has 1 rings (SSSR count). The first-order valence-electron chi connectivity index (χ1n) is 6.26. The van der Waals surface area contributed by atoms with Crippen LogP contribution in [0.5, 0.6) is 0 Å². The fraction of sp³-hybridized carbons (Fsp3) is 0.533. The molecule has 1 unspecified atom stereocenters. The molecule has 1 radical (unpaired) electrons. The van der Waals surface area contributed by atoms with Gasteiger partial charge >= 0.3 is 0 Å². The van der Waals surface area contributed by atoms with Crippen molar-refractivity contribution in [2.45, 2.75) is 33.7 Å². The normalized spacial score (nSPS) is 13.0. The smallest absolute Gasteiger partial charge is 0.0205 e. The maximum Gasteiger partial charge on any atom is 0.0205 e. The SMILES string of the molecule is C[CH]CC(CNCc1ccccc1)C(C)C. The second-order valence-corrected chi connectivity index (χ2v) is 4.76. The Labute approximate surface area is 100 Å². The molecule has 0 aliphatic rings. The van der Waals surface area contributed by atoms with E-state index in [2.05, 4.69) is 62.8 Å². The number of hydrogen-bond donors (Lipinski definition) is 1. The van der Waals surface area contributed by atoms with Crippen LogP contribution in [0.3, 0.4) is 0 Å². The van der Waals surface area contributed by atoms with Crippen molar-refractivity contribution in [2.24, 2.45) is 11.8 Å². The zero-order valence-corrected chi connectivity index (χ0v) is 10.7. The number of benzene rings is 1. The maximum atomic E-state index is 3.55. The Morgan fingerprint density at radius 2 is 1.88 bits per heavy atom. The van der Waals surface area contributed by atoms with Crippen LogP contribution in [0.4, 0.5) is 0 Å². The average Bonchev–Trinajstić information content (AvgIpc) is 2.29. The summed E-state index contributed by atoms with van der Waals surface area (Å²) in [5.41, 5.74) is 1.37. The summed E-state index contributed by atoms with van der Waals surface area (Å²) in [6.45, 7) is 8.84. The Balaban J connectivity index is 2.28. The Bertz CT molecular complexity index is 266. The number of nitrogens with one attached hydrogen (secondary N) is 1. The van der Waals surface area contributed by atoms with Gasteiger partial charge in [-0.1, -0.05) is 51.1 Å². The third-order valence-corrected chi connectivity index (χ3v) is 3.06. The Morgan fingerprint density at radius 1 is 1.19 bits per heavy atom. The van der Waals surface area contributed by atoms with Crippen molar-refractivity contribution in [3.63, 3.8) is 0 Å². The summed E-state index contributed by atoms with van der Waals surface area (Å²) in [6, 6.07) is 10.6. The van der Waals surface area contributed by atoms with Gasteiger partial charge in [-0.05, 0) is 36.8 Å². The molecule has 0 fully saturated rings. The van der Waals surface area contributed by atoms with Crippen LogP contribution >= 0.6 is 0 Å². The standard InChI is InChI=1S/C15H24N/c1-4-8-15(13(2)3)12-16-11-14-9-6-5-7-10-14/h4-7,9-10,13,15-16H,8,11-12H2,1-3H3. The van der Waals surface area contributed by atoms with Crippen LogP contribution in [0.1, 0.15) is 32.8 Å². The van der Waals surface area contributed by atoms with Gasteiger partial charge in [-0.3, -0.25) is 0 Å². The van der Waals surface area contributed by atoms with Crippen LogP contribution in [0.15, 0.2) is 30.3 Å². The summed E-state index contributed by atoms with van der Waals surface area (Å²) < 4.78 is 0. The highest BCUT2D eigenvalue weighted by Crippen LogP contribution is 2.15. The van der Waals surface area contributed by atoms with Crippen molar-refractivity contribution in [3.8, 4) is 0 Å². The largest absolute Gasteiger partial charge is 0.312 e. The molecule has 0 aromatic heterocycles. The van der Waals surface area contributed by atoms with Crippen LogP contribution < -0.4 is 5.32 Å². The van der Waals surface area contributed by atoms with Crippen molar-refractivity contribution in [3.05, 3.63) is 42.3 Å². The molecule has 0 aliphatic heterocycles. The first-order valence-corrected chi connectivity index (χ1v) is 6.26. The number of rotatable bonds is 7. The molecule has 0 saturated heterocycles. The summed E-state index contributed by atoms with van der Waals surface area (Å²) >= 11 is 0. The molecule has 0 spiro atoms. The topological polar surface area (TPSA) is 12.0 Å². The lowest BCUT2D eigenvalue weighted by molar-refractivity contribution is 0.357. The van der Waals surface area contributed by atoms with Crippen molar-refractivity contribution in [1.82, 2.24) is 5.32 Å². The molecule has 0 aliphatic carbocycles. The molecular formula is C15H24N. The molecule has 0 bridgehead atoms.